The molecule has 0 radical (unpaired) electrons. The minimum atomic E-state index is -0.110. The Bertz CT molecular complexity index is 1030. The van der Waals surface area contributed by atoms with Crippen molar-refractivity contribution in [2.45, 2.75) is 13.5 Å². The summed E-state index contributed by atoms with van der Waals surface area (Å²) in [6, 6.07) is 14.5. The van der Waals surface area contributed by atoms with Crippen LogP contribution in [0.25, 0.3) is 20.1 Å². The summed E-state index contributed by atoms with van der Waals surface area (Å²) in [5, 5.41) is 0.617. The van der Waals surface area contributed by atoms with E-state index in [2.05, 4.69) is 34.1 Å². The van der Waals surface area contributed by atoms with Crippen molar-refractivity contribution in [3.63, 3.8) is 0 Å². The Labute approximate surface area is 187 Å². The van der Waals surface area contributed by atoms with Gasteiger partial charge in [0.2, 0.25) is 0 Å². The number of methoxy groups -OCH3 is 1. The zero-order chi connectivity index (χ0) is 21.1. The Hall–Kier alpha value is -2.11. The van der Waals surface area contributed by atoms with Gasteiger partial charge in [0.15, 0.2) is 0 Å². The fraction of sp³-hybridized carbons (Fsp3) is 0.304. The number of hydrogen-bond donors (Lipinski definition) is 0. The van der Waals surface area contributed by atoms with Crippen LogP contribution in [0.15, 0.2) is 48.7 Å². The molecule has 0 bridgehead atoms. The predicted molar refractivity (Wildman–Crippen MR) is 119 cm³/mol. The van der Waals surface area contributed by atoms with E-state index in [1.165, 1.54) is 22.7 Å². The first-order valence-electron chi connectivity index (χ1n) is 9.85. The Morgan fingerprint density at radius 2 is 1.93 bits per heavy atom. The van der Waals surface area contributed by atoms with Crippen LogP contribution in [-0.4, -0.2) is 57.2 Å². The van der Waals surface area contributed by atoms with Crippen molar-refractivity contribution in [1.82, 2.24) is 9.88 Å². The molecule has 0 N–H and O–H groups in total. The Morgan fingerprint density at radius 1 is 1.20 bits per heavy atom. The fourth-order valence-electron chi connectivity index (χ4n) is 3.49. The van der Waals surface area contributed by atoms with Gasteiger partial charge in [-0.25, -0.2) is 0 Å². The first-order chi connectivity index (χ1) is 14.6. The van der Waals surface area contributed by atoms with E-state index in [-0.39, 0.29) is 26.4 Å². The van der Waals surface area contributed by atoms with Crippen LogP contribution < -0.4 is 4.74 Å². The Morgan fingerprint density at radius 3 is 2.60 bits per heavy atom. The molecule has 1 aromatic heterocycles. The van der Waals surface area contributed by atoms with Gasteiger partial charge >= 0.3 is 188 Å². The number of ether oxygens (including phenoxy) is 2. The van der Waals surface area contributed by atoms with Crippen LogP contribution in [-0.2, 0) is 16.1 Å². The molecule has 4 rings (SSSR count). The van der Waals surface area contributed by atoms with E-state index in [1.807, 2.05) is 31.3 Å². The van der Waals surface area contributed by atoms with Gasteiger partial charge in [-0.05, 0) is 0 Å². The molecule has 0 saturated carbocycles. The topological polar surface area (TPSA) is 51.7 Å². The Kier molecular flexibility index (Phi) is 6.59. The maximum absolute atomic E-state index is 11.5. The molecule has 156 valence electrons. The van der Waals surface area contributed by atoms with Crippen LogP contribution in [0.3, 0.4) is 0 Å². The van der Waals surface area contributed by atoms with E-state index in [9.17, 15) is 4.79 Å². The summed E-state index contributed by atoms with van der Waals surface area (Å²) in [6.07, 6.45) is 1.96. The van der Waals surface area contributed by atoms with Gasteiger partial charge in [-0.15, -0.1) is 0 Å². The number of hydrogen-bond acceptors (Lipinski definition) is 5. The summed E-state index contributed by atoms with van der Waals surface area (Å²) in [4.78, 5) is 18.4. The average Bonchev–Trinajstić information content (AvgIpc) is 3.22. The van der Waals surface area contributed by atoms with E-state index < -0.39 is 0 Å². The number of aromatic nitrogens is 1. The molecule has 2 heterocycles. The van der Waals surface area contributed by atoms with Crippen LogP contribution in [0.5, 0.6) is 5.75 Å². The summed E-state index contributed by atoms with van der Waals surface area (Å²) in [5.74, 6) is 0.617. The zero-order valence-corrected chi connectivity index (χ0v) is 19.4. The first kappa shape index (κ1) is 21.1. The van der Waals surface area contributed by atoms with Crippen LogP contribution in [0, 0.1) is 5.92 Å². The van der Waals surface area contributed by atoms with Crippen molar-refractivity contribution in [2.24, 2.45) is 5.92 Å². The fourth-order valence-corrected chi connectivity index (χ4v) is 5.66. The number of carbonyl (C=O) groups excluding carboxylic acids is 1. The molecule has 0 atom stereocenters. The van der Waals surface area contributed by atoms with Gasteiger partial charge in [0.05, 0.1) is 0 Å². The molecule has 1 fully saturated rings. The third-order valence-electron chi connectivity index (χ3n) is 5.12. The summed E-state index contributed by atoms with van der Waals surface area (Å²) < 4.78 is 12.6. The maximum atomic E-state index is 11.5. The van der Waals surface area contributed by atoms with Gasteiger partial charge in [-0.3, -0.25) is 0 Å². The number of benzene rings is 2. The summed E-state index contributed by atoms with van der Waals surface area (Å²) >= 11 is 6.46. The molecule has 0 aliphatic carbocycles. The quantitative estimate of drug-likeness (QED) is 0.369. The van der Waals surface area contributed by atoms with Crippen molar-refractivity contribution in [1.29, 1.82) is 0 Å². The second-order valence-electron chi connectivity index (χ2n) is 7.22. The average molecular weight is 490 g/mol. The van der Waals surface area contributed by atoms with Crippen LogP contribution >= 0.6 is 11.6 Å². The van der Waals surface area contributed by atoms with Gasteiger partial charge in [-0.2, -0.15) is 0 Å². The molecule has 1 aliphatic heterocycles. The van der Waals surface area contributed by atoms with Gasteiger partial charge in [0.1, 0.15) is 0 Å². The first-order valence-corrected chi connectivity index (χ1v) is 11.9. The molecule has 0 amide bonds. The van der Waals surface area contributed by atoms with Gasteiger partial charge < -0.3 is 0 Å². The number of esters is 1. The number of nitrogens with zero attached hydrogens (tertiary/aromatic N) is 2. The van der Waals surface area contributed by atoms with E-state index in [4.69, 9.17) is 21.1 Å². The van der Waals surface area contributed by atoms with Crippen molar-refractivity contribution >= 4 is 32.1 Å². The van der Waals surface area contributed by atoms with E-state index in [0.29, 0.717) is 17.4 Å². The monoisotopic (exact) mass is 490 g/mol. The van der Waals surface area contributed by atoms with Crippen LogP contribution in [0.1, 0.15) is 12.5 Å². The molecule has 1 saturated heterocycles. The SMILES string of the molecule is CCOc1ccc(-c2ncc(-c3ccc(CN4CC(C(=O)OC)C4)cc3)[se]2)cc1Cl. The van der Waals surface area contributed by atoms with E-state index >= 15 is 0 Å². The molecular formula is C23H23ClN2O3Se. The molecule has 0 spiro atoms. The molecule has 7 heteroatoms. The van der Waals surface area contributed by atoms with E-state index in [0.717, 1.165) is 29.8 Å². The molecule has 0 unspecified atom stereocenters. The third-order valence-corrected chi connectivity index (χ3v) is 7.71. The number of carbonyl (C=O) groups is 1. The molecule has 30 heavy (non-hydrogen) atoms. The zero-order valence-electron chi connectivity index (χ0n) is 16.9. The molecule has 5 nitrogen and oxygen atoms in total. The van der Waals surface area contributed by atoms with Crippen molar-refractivity contribution < 1.29 is 14.3 Å². The van der Waals surface area contributed by atoms with E-state index in [1.54, 1.807) is 0 Å². The number of rotatable bonds is 7. The number of likely N-dealkylation sites (tertiary alicyclic amines) is 1. The summed E-state index contributed by atoms with van der Waals surface area (Å²) in [5.41, 5.74) is 3.49. The van der Waals surface area contributed by atoms with Crippen molar-refractivity contribution in [3.8, 4) is 25.9 Å². The third kappa shape index (κ3) is 4.62. The van der Waals surface area contributed by atoms with Crippen molar-refractivity contribution in [3.05, 3.63) is 59.2 Å². The molecule has 2 aromatic carbocycles. The van der Waals surface area contributed by atoms with Crippen LogP contribution in [0.2, 0.25) is 5.02 Å². The predicted octanol–water partition coefficient (Wildman–Crippen LogP) is 4.13. The normalized spacial score (nSPS) is 14.4. The molecular weight excluding hydrogens is 467 g/mol. The molecule has 1 aliphatic rings. The number of halogens is 1. The second kappa shape index (κ2) is 9.36. The van der Waals surface area contributed by atoms with Crippen molar-refractivity contribution in [2.75, 3.05) is 26.8 Å². The Balaban J connectivity index is 1.40. The second-order valence-corrected chi connectivity index (χ2v) is 9.79. The summed E-state index contributed by atoms with van der Waals surface area (Å²) in [6.45, 7) is 4.92. The molecule has 3 aromatic rings. The minimum absolute atomic E-state index is 0.0206. The van der Waals surface area contributed by atoms with Crippen LogP contribution in [0.4, 0.5) is 0 Å². The van der Waals surface area contributed by atoms with Gasteiger partial charge in [0, 0.05) is 0 Å². The van der Waals surface area contributed by atoms with Gasteiger partial charge in [-0.1, -0.05) is 0 Å². The van der Waals surface area contributed by atoms with Gasteiger partial charge in [0.25, 0.3) is 0 Å². The summed E-state index contributed by atoms with van der Waals surface area (Å²) in [7, 11) is 1.45. The standard InChI is InChI=1S/C23H23ClN2O3Se/c1-3-29-20-9-8-17(10-19(20)24)22-25-11-21(30-22)16-6-4-15(5-7-16)12-26-13-18(14-26)23(27)28-2/h4-11,18H,3,12-14H2,1-2H3.